The zero-order valence-electron chi connectivity index (χ0n) is 11.2. The van der Waals surface area contributed by atoms with Gasteiger partial charge in [0.2, 0.25) is 5.91 Å². The highest BCUT2D eigenvalue weighted by Gasteiger charge is 2.35. The second kappa shape index (κ2) is 5.85. The number of carbonyl (C=O) groups excluding carboxylic acids is 1. The number of hydrogen-bond donors (Lipinski definition) is 1. The highest BCUT2D eigenvalue weighted by atomic mass is 16.2. The lowest BCUT2D eigenvalue weighted by Crippen LogP contribution is -2.44. The van der Waals surface area contributed by atoms with Gasteiger partial charge in [0.1, 0.15) is 0 Å². The molecule has 0 bridgehead atoms. The second-order valence-electron chi connectivity index (χ2n) is 5.88. The zero-order valence-corrected chi connectivity index (χ0v) is 11.2. The first kappa shape index (κ1) is 12.9. The topological polar surface area (TPSA) is 32.3 Å². The van der Waals surface area contributed by atoms with E-state index in [1.807, 2.05) is 0 Å². The van der Waals surface area contributed by atoms with Crippen LogP contribution in [0.15, 0.2) is 0 Å². The Kier molecular flexibility index (Phi) is 4.43. The molecule has 1 atom stereocenters. The van der Waals surface area contributed by atoms with Gasteiger partial charge in [0.25, 0.3) is 0 Å². The molecule has 0 aromatic rings. The third kappa shape index (κ3) is 3.21. The molecule has 2 fully saturated rings. The molecule has 0 spiro atoms. The van der Waals surface area contributed by atoms with Crippen molar-refractivity contribution in [3.63, 3.8) is 0 Å². The van der Waals surface area contributed by atoms with Crippen molar-refractivity contribution in [2.75, 3.05) is 13.1 Å². The number of rotatable bonds is 4. The van der Waals surface area contributed by atoms with E-state index in [0.717, 1.165) is 12.5 Å². The van der Waals surface area contributed by atoms with Crippen LogP contribution in [0.3, 0.4) is 0 Å². The van der Waals surface area contributed by atoms with Gasteiger partial charge in [-0.1, -0.05) is 26.7 Å². The van der Waals surface area contributed by atoms with Crippen LogP contribution in [0.2, 0.25) is 0 Å². The lowest BCUT2D eigenvalue weighted by molar-refractivity contribution is -0.132. The summed E-state index contributed by atoms with van der Waals surface area (Å²) >= 11 is 0. The fourth-order valence-corrected chi connectivity index (χ4v) is 3.33. The summed E-state index contributed by atoms with van der Waals surface area (Å²) < 4.78 is 0. The summed E-state index contributed by atoms with van der Waals surface area (Å²) in [5.74, 6) is 1.11. The smallest absolute Gasteiger partial charge is 0.236 e. The molecule has 2 aliphatic rings. The predicted octanol–water partition coefficient (Wildman–Crippen LogP) is 2.17. The predicted molar refractivity (Wildman–Crippen MR) is 69.8 cm³/mol. The summed E-state index contributed by atoms with van der Waals surface area (Å²) in [6.07, 6.45) is 7.85. The molecule has 0 radical (unpaired) electrons. The van der Waals surface area contributed by atoms with Crippen LogP contribution in [0.1, 0.15) is 52.4 Å². The summed E-state index contributed by atoms with van der Waals surface area (Å²) in [6, 6.07) is 0.949. The molecule has 2 rings (SSSR count). The van der Waals surface area contributed by atoms with Gasteiger partial charge in [0.05, 0.1) is 6.54 Å². The Labute approximate surface area is 105 Å². The van der Waals surface area contributed by atoms with Crippen molar-refractivity contribution in [2.24, 2.45) is 5.92 Å². The first-order valence-electron chi connectivity index (χ1n) is 7.21. The van der Waals surface area contributed by atoms with Crippen molar-refractivity contribution in [1.29, 1.82) is 0 Å². The lowest BCUT2D eigenvalue weighted by Gasteiger charge is -2.29. The van der Waals surface area contributed by atoms with Crippen LogP contribution in [0, 0.1) is 5.92 Å². The van der Waals surface area contributed by atoms with Crippen LogP contribution in [0.5, 0.6) is 0 Å². The van der Waals surface area contributed by atoms with Crippen LogP contribution >= 0.6 is 0 Å². The molecule has 1 saturated heterocycles. The van der Waals surface area contributed by atoms with Crippen LogP contribution in [0.25, 0.3) is 0 Å². The van der Waals surface area contributed by atoms with E-state index in [9.17, 15) is 4.79 Å². The molecule has 1 unspecified atom stereocenters. The Morgan fingerprint density at radius 1 is 1.24 bits per heavy atom. The number of amides is 1. The van der Waals surface area contributed by atoms with E-state index in [-0.39, 0.29) is 0 Å². The van der Waals surface area contributed by atoms with Gasteiger partial charge in [-0.15, -0.1) is 0 Å². The third-order valence-electron chi connectivity index (χ3n) is 4.23. The molecule has 1 aliphatic heterocycles. The minimum absolute atomic E-state index is 0.313. The highest BCUT2D eigenvalue weighted by Crippen LogP contribution is 2.35. The van der Waals surface area contributed by atoms with Gasteiger partial charge < -0.3 is 10.2 Å². The number of nitrogens with zero attached hydrogens (tertiary/aromatic N) is 1. The molecule has 3 nitrogen and oxygen atoms in total. The van der Waals surface area contributed by atoms with E-state index in [0.29, 0.717) is 24.5 Å². The molecule has 0 aromatic carbocycles. The van der Waals surface area contributed by atoms with Gasteiger partial charge in [-0.2, -0.15) is 0 Å². The first-order chi connectivity index (χ1) is 8.18. The average molecular weight is 238 g/mol. The van der Waals surface area contributed by atoms with Crippen molar-refractivity contribution in [3.05, 3.63) is 0 Å². The summed E-state index contributed by atoms with van der Waals surface area (Å²) in [4.78, 5) is 14.3. The molecule has 1 N–H and O–H groups in total. The summed E-state index contributed by atoms with van der Waals surface area (Å²) in [5.41, 5.74) is 0. The Bertz CT molecular complexity index is 259. The fraction of sp³-hybridized carbons (Fsp3) is 0.929. The monoisotopic (exact) mass is 238 g/mol. The zero-order chi connectivity index (χ0) is 12.3. The minimum atomic E-state index is 0.313. The standard InChI is InChI=1S/C14H26N2O/c1-11(2)15-10-14(17)16-9-5-8-13(16)12-6-3-4-7-12/h11-13,15H,3-10H2,1-2H3. The number of carbonyl (C=O) groups is 1. The average Bonchev–Trinajstić information content (AvgIpc) is 2.94. The maximum Gasteiger partial charge on any atom is 0.236 e. The SMILES string of the molecule is CC(C)NCC(=O)N1CCCC1C1CCCC1. The van der Waals surface area contributed by atoms with Crippen molar-refractivity contribution < 1.29 is 4.79 Å². The van der Waals surface area contributed by atoms with E-state index in [1.54, 1.807) is 0 Å². The Hall–Kier alpha value is -0.570. The van der Waals surface area contributed by atoms with Gasteiger partial charge in [-0.3, -0.25) is 4.79 Å². The van der Waals surface area contributed by atoms with Gasteiger partial charge in [0.15, 0.2) is 0 Å². The van der Waals surface area contributed by atoms with Crippen LogP contribution in [-0.2, 0) is 4.79 Å². The summed E-state index contributed by atoms with van der Waals surface area (Å²) in [6.45, 7) is 5.68. The molecule has 1 saturated carbocycles. The Balaban J connectivity index is 1.87. The van der Waals surface area contributed by atoms with E-state index >= 15 is 0 Å². The Morgan fingerprint density at radius 2 is 1.94 bits per heavy atom. The first-order valence-corrected chi connectivity index (χ1v) is 7.21. The van der Waals surface area contributed by atoms with Crippen molar-refractivity contribution >= 4 is 5.91 Å². The highest BCUT2D eigenvalue weighted by molar-refractivity contribution is 5.79. The van der Waals surface area contributed by atoms with E-state index in [1.165, 1.54) is 38.5 Å². The third-order valence-corrected chi connectivity index (χ3v) is 4.23. The molecule has 98 valence electrons. The van der Waals surface area contributed by atoms with Crippen LogP contribution in [0.4, 0.5) is 0 Å². The summed E-state index contributed by atoms with van der Waals surface area (Å²) in [7, 11) is 0. The molecule has 1 amide bonds. The minimum Gasteiger partial charge on any atom is -0.338 e. The maximum absolute atomic E-state index is 12.2. The van der Waals surface area contributed by atoms with E-state index in [2.05, 4.69) is 24.1 Å². The molecule has 3 heteroatoms. The fourth-order valence-electron chi connectivity index (χ4n) is 3.33. The van der Waals surface area contributed by atoms with E-state index < -0.39 is 0 Å². The van der Waals surface area contributed by atoms with Crippen LogP contribution in [-0.4, -0.2) is 36.0 Å². The van der Waals surface area contributed by atoms with Crippen LogP contribution < -0.4 is 5.32 Å². The summed E-state index contributed by atoms with van der Waals surface area (Å²) in [5, 5.41) is 3.24. The molecule has 1 heterocycles. The molecular weight excluding hydrogens is 212 g/mol. The van der Waals surface area contributed by atoms with Crippen molar-refractivity contribution in [2.45, 2.75) is 64.5 Å². The van der Waals surface area contributed by atoms with Gasteiger partial charge in [-0.05, 0) is 31.6 Å². The molecular formula is C14H26N2O. The van der Waals surface area contributed by atoms with Crippen molar-refractivity contribution in [1.82, 2.24) is 10.2 Å². The maximum atomic E-state index is 12.2. The molecule has 17 heavy (non-hydrogen) atoms. The second-order valence-corrected chi connectivity index (χ2v) is 5.88. The normalized spacial score (nSPS) is 26.1. The number of nitrogens with one attached hydrogen (secondary N) is 1. The Morgan fingerprint density at radius 3 is 2.59 bits per heavy atom. The van der Waals surface area contributed by atoms with Crippen molar-refractivity contribution in [3.8, 4) is 0 Å². The lowest BCUT2D eigenvalue weighted by atomic mass is 9.96. The van der Waals surface area contributed by atoms with E-state index in [4.69, 9.17) is 0 Å². The van der Waals surface area contributed by atoms with Gasteiger partial charge in [0, 0.05) is 18.6 Å². The molecule has 1 aliphatic carbocycles. The number of hydrogen-bond acceptors (Lipinski definition) is 2. The quantitative estimate of drug-likeness (QED) is 0.814. The largest absolute Gasteiger partial charge is 0.338 e. The van der Waals surface area contributed by atoms with Gasteiger partial charge in [-0.25, -0.2) is 0 Å². The molecule has 0 aromatic heterocycles. The van der Waals surface area contributed by atoms with Gasteiger partial charge >= 0.3 is 0 Å². The number of likely N-dealkylation sites (tertiary alicyclic amines) is 1.